The average molecular weight is 534 g/mol. The van der Waals surface area contributed by atoms with Gasteiger partial charge in [0.2, 0.25) is 5.91 Å². The molecule has 200 valence electrons. The molecule has 0 heterocycles. The number of rotatable bonds is 7. The van der Waals surface area contributed by atoms with Crippen LogP contribution in [0, 0.1) is 5.82 Å². The van der Waals surface area contributed by atoms with Gasteiger partial charge in [0.05, 0.1) is 11.1 Å². The minimum absolute atomic E-state index is 0.0266. The lowest BCUT2D eigenvalue weighted by Gasteiger charge is -2.22. The molecule has 0 atom stereocenters. The Morgan fingerprint density at radius 1 is 1.08 bits per heavy atom. The first-order valence-electron chi connectivity index (χ1n) is 10.3. The molecule has 3 N–H and O–H groups in total. The van der Waals surface area contributed by atoms with Crippen molar-refractivity contribution in [1.29, 1.82) is 0 Å². The van der Waals surface area contributed by atoms with Gasteiger partial charge >= 0.3 is 18.4 Å². The topological polar surface area (TPSA) is 97.0 Å². The molecule has 0 unspecified atom stereocenters. The van der Waals surface area contributed by atoms with Crippen LogP contribution in [0.25, 0.3) is 5.57 Å². The molecular formula is C23H21F7N4O3. The zero-order valence-electron chi connectivity index (χ0n) is 19.4. The van der Waals surface area contributed by atoms with E-state index in [1.165, 1.54) is 7.05 Å². The van der Waals surface area contributed by atoms with E-state index in [1.807, 2.05) is 0 Å². The standard InChI is InChI=1S/C23H21F7N4O3/c1-32-19(35)7-8-33-12-13(11-31)17-9-14(22(25,26)27)10-18(23(28,29)30)20(17)37-21(36)34(2)16-5-3-15(24)4-6-16/h3-6,9-12H,7-8,31H2,1-2H3,(H,32,35)/b13-11+,33-12?. The zero-order chi connectivity index (χ0) is 28.0. The van der Waals surface area contributed by atoms with Gasteiger partial charge in [-0.1, -0.05) is 0 Å². The number of benzene rings is 2. The Bertz CT molecular complexity index is 1190. The summed E-state index contributed by atoms with van der Waals surface area (Å²) in [5.41, 5.74) is 0.659. The Morgan fingerprint density at radius 2 is 1.70 bits per heavy atom. The van der Waals surface area contributed by atoms with Gasteiger partial charge in [-0.2, -0.15) is 26.3 Å². The average Bonchev–Trinajstić information content (AvgIpc) is 2.82. The highest BCUT2D eigenvalue weighted by Gasteiger charge is 2.41. The molecular weight excluding hydrogens is 513 g/mol. The number of ether oxygens (including phenoxy) is 1. The number of hydrogen-bond donors (Lipinski definition) is 2. The van der Waals surface area contributed by atoms with Gasteiger partial charge in [0.1, 0.15) is 5.82 Å². The number of amides is 2. The second-order valence-corrected chi connectivity index (χ2v) is 7.38. The normalized spacial score (nSPS) is 12.5. The molecule has 2 aromatic rings. The van der Waals surface area contributed by atoms with Crippen LogP contribution < -0.4 is 20.7 Å². The van der Waals surface area contributed by atoms with E-state index in [0.29, 0.717) is 12.3 Å². The second kappa shape index (κ2) is 11.8. The van der Waals surface area contributed by atoms with Crippen LogP contribution in [-0.2, 0) is 17.1 Å². The summed E-state index contributed by atoms with van der Waals surface area (Å²) in [5, 5.41) is 2.32. The second-order valence-electron chi connectivity index (χ2n) is 7.38. The highest BCUT2D eigenvalue weighted by molar-refractivity contribution is 6.11. The summed E-state index contributed by atoms with van der Waals surface area (Å²) in [6.45, 7) is -0.162. The number of carbonyl (C=O) groups excluding carboxylic acids is 2. The van der Waals surface area contributed by atoms with Crippen LogP contribution in [0.1, 0.15) is 23.1 Å². The smallest absolute Gasteiger partial charge is 0.409 e. The van der Waals surface area contributed by atoms with E-state index in [-0.39, 0.29) is 24.7 Å². The van der Waals surface area contributed by atoms with Gasteiger partial charge in [0.15, 0.2) is 5.75 Å². The van der Waals surface area contributed by atoms with Crippen molar-refractivity contribution in [3.63, 3.8) is 0 Å². The van der Waals surface area contributed by atoms with Crippen molar-refractivity contribution in [2.45, 2.75) is 18.8 Å². The highest BCUT2D eigenvalue weighted by atomic mass is 19.4. The molecule has 0 saturated carbocycles. The van der Waals surface area contributed by atoms with Crippen LogP contribution in [0.5, 0.6) is 5.75 Å². The molecule has 2 amide bonds. The van der Waals surface area contributed by atoms with Gasteiger partial charge in [-0.25, -0.2) is 9.18 Å². The third-order valence-electron chi connectivity index (χ3n) is 4.87. The van der Waals surface area contributed by atoms with Gasteiger partial charge in [-0.3, -0.25) is 14.7 Å². The minimum Gasteiger partial charge on any atom is -0.409 e. The van der Waals surface area contributed by atoms with E-state index >= 15 is 0 Å². The molecule has 7 nitrogen and oxygen atoms in total. The fourth-order valence-corrected chi connectivity index (χ4v) is 2.91. The minimum atomic E-state index is -5.38. The summed E-state index contributed by atoms with van der Waals surface area (Å²) in [7, 11) is 2.47. The molecule has 0 aliphatic rings. The first-order chi connectivity index (χ1) is 17.2. The van der Waals surface area contributed by atoms with Crippen LogP contribution >= 0.6 is 0 Å². The van der Waals surface area contributed by atoms with Crippen molar-refractivity contribution >= 4 is 29.5 Å². The Morgan fingerprint density at radius 3 is 2.22 bits per heavy atom. The molecule has 0 aliphatic carbocycles. The fraction of sp³-hybridized carbons (Fsp3) is 0.261. The lowest BCUT2D eigenvalue weighted by molar-refractivity contribution is -0.143. The number of carbonyl (C=O) groups is 2. The molecule has 2 aromatic carbocycles. The quantitative estimate of drug-likeness (QED) is 0.386. The maximum Gasteiger partial charge on any atom is 0.420 e. The molecule has 37 heavy (non-hydrogen) atoms. The van der Waals surface area contributed by atoms with Gasteiger partial charge in [-0.15, -0.1) is 0 Å². The largest absolute Gasteiger partial charge is 0.420 e. The number of allylic oxidation sites excluding steroid dienone is 1. The molecule has 0 saturated heterocycles. The number of alkyl halides is 6. The molecule has 0 spiro atoms. The number of aliphatic imine (C=N–C) groups is 1. The monoisotopic (exact) mass is 534 g/mol. The predicted molar refractivity (Wildman–Crippen MR) is 121 cm³/mol. The van der Waals surface area contributed by atoms with Crippen LogP contribution in [0.3, 0.4) is 0 Å². The maximum absolute atomic E-state index is 13.9. The lowest BCUT2D eigenvalue weighted by atomic mass is 9.98. The van der Waals surface area contributed by atoms with Crippen molar-refractivity contribution in [2.75, 3.05) is 25.5 Å². The predicted octanol–water partition coefficient (Wildman–Crippen LogP) is 5.01. The van der Waals surface area contributed by atoms with Crippen molar-refractivity contribution in [1.82, 2.24) is 5.32 Å². The van der Waals surface area contributed by atoms with Crippen LogP contribution in [0.15, 0.2) is 47.6 Å². The van der Waals surface area contributed by atoms with Crippen LogP contribution in [0.2, 0.25) is 0 Å². The number of nitrogens with one attached hydrogen (secondary N) is 1. The molecule has 0 radical (unpaired) electrons. The highest BCUT2D eigenvalue weighted by Crippen LogP contribution is 2.44. The maximum atomic E-state index is 13.9. The third-order valence-corrected chi connectivity index (χ3v) is 4.87. The summed E-state index contributed by atoms with van der Waals surface area (Å²) in [6.07, 6.45) is -10.6. The number of anilines is 1. The summed E-state index contributed by atoms with van der Waals surface area (Å²) >= 11 is 0. The lowest BCUT2D eigenvalue weighted by Crippen LogP contribution is -2.30. The van der Waals surface area contributed by atoms with Gasteiger partial charge in [0.25, 0.3) is 0 Å². The summed E-state index contributed by atoms with van der Waals surface area (Å²) in [5.74, 6) is -2.32. The zero-order valence-corrected chi connectivity index (χ0v) is 19.4. The summed E-state index contributed by atoms with van der Waals surface area (Å²) in [4.78, 5) is 28.6. The van der Waals surface area contributed by atoms with Crippen molar-refractivity contribution in [3.8, 4) is 5.75 Å². The van der Waals surface area contributed by atoms with Gasteiger partial charge < -0.3 is 15.8 Å². The van der Waals surface area contributed by atoms with E-state index in [4.69, 9.17) is 10.5 Å². The van der Waals surface area contributed by atoms with Crippen molar-refractivity contribution in [3.05, 3.63) is 65.1 Å². The Hall–Kier alpha value is -4.10. The Labute approximate surface area is 206 Å². The molecule has 14 heteroatoms. The SMILES string of the molecule is CNC(=O)CCN=C/C(=C\N)c1cc(C(F)(F)F)cc(C(F)(F)F)c1OC(=O)N(C)c1ccc(F)cc1. The number of hydrogen-bond acceptors (Lipinski definition) is 5. The van der Waals surface area contributed by atoms with E-state index in [2.05, 4.69) is 10.3 Å². The number of halogens is 7. The van der Waals surface area contributed by atoms with E-state index in [9.17, 15) is 40.3 Å². The van der Waals surface area contributed by atoms with E-state index in [1.54, 1.807) is 0 Å². The summed E-state index contributed by atoms with van der Waals surface area (Å²) in [6, 6.07) is 4.38. The molecule has 2 rings (SSSR count). The molecule has 0 fully saturated rings. The third kappa shape index (κ3) is 7.69. The van der Waals surface area contributed by atoms with E-state index in [0.717, 1.165) is 42.4 Å². The van der Waals surface area contributed by atoms with Crippen LogP contribution in [-0.4, -0.2) is 38.9 Å². The summed E-state index contributed by atoms with van der Waals surface area (Å²) < 4.78 is 100. The molecule has 0 aliphatic heterocycles. The number of nitrogens with two attached hydrogens (primary N) is 1. The number of nitrogens with zero attached hydrogens (tertiary/aromatic N) is 2. The Balaban J connectivity index is 2.63. The molecule has 0 bridgehead atoms. The van der Waals surface area contributed by atoms with Crippen molar-refractivity contribution in [2.24, 2.45) is 10.7 Å². The molecule has 0 aromatic heterocycles. The van der Waals surface area contributed by atoms with Gasteiger partial charge in [-0.05, 0) is 36.4 Å². The van der Waals surface area contributed by atoms with Gasteiger partial charge in [0, 0.05) is 56.3 Å². The van der Waals surface area contributed by atoms with Crippen molar-refractivity contribution < 1.29 is 45.1 Å². The first-order valence-corrected chi connectivity index (χ1v) is 10.3. The van der Waals surface area contributed by atoms with E-state index < -0.39 is 58.2 Å². The first kappa shape index (κ1) is 29.1. The fourth-order valence-electron chi connectivity index (χ4n) is 2.91. The Kier molecular flexibility index (Phi) is 9.26. The van der Waals surface area contributed by atoms with Crippen LogP contribution in [0.4, 0.5) is 41.2 Å².